The highest BCUT2D eigenvalue weighted by molar-refractivity contribution is 5.96. The maximum atomic E-state index is 14.1. The van der Waals surface area contributed by atoms with Crippen LogP contribution < -0.4 is 0 Å². The summed E-state index contributed by atoms with van der Waals surface area (Å²) >= 11 is 0. The molecule has 0 spiro atoms. The molecular formula is C28H27F3N4O2. The van der Waals surface area contributed by atoms with Crippen molar-refractivity contribution in [3.8, 4) is 17.3 Å². The Balaban J connectivity index is 1.42. The van der Waals surface area contributed by atoms with E-state index in [9.17, 15) is 18.0 Å². The van der Waals surface area contributed by atoms with Gasteiger partial charge in [-0.25, -0.2) is 4.98 Å². The van der Waals surface area contributed by atoms with Crippen LogP contribution in [0.5, 0.6) is 0 Å². The van der Waals surface area contributed by atoms with Gasteiger partial charge in [0.2, 0.25) is 0 Å². The molecule has 192 valence electrons. The SMILES string of the molecule is Cc1ccc(C(=O)N2CC(c3ccc(C#N)cc3)C2)cc1-c1[nH]c(C2(C)CCOCC2)nc1C(F)(F)F. The van der Waals surface area contributed by atoms with Crippen molar-refractivity contribution < 1.29 is 22.7 Å². The van der Waals surface area contributed by atoms with Gasteiger partial charge in [-0.2, -0.15) is 18.4 Å². The Morgan fingerprint density at radius 2 is 1.84 bits per heavy atom. The van der Waals surface area contributed by atoms with Gasteiger partial charge in [0.15, 0.2) is 5.69 Å². The van der Waals surface area contributed by atoms with E-state index >= 15 is 0 Å². The highest BCUT2D eigenvalue weighted by atomic mass is 19.4. The first-order chi connectivity index (χ1) is 17.6. The molecule has 1 aromatic heterocycles. The van der Waals surface area contributed by atoms with Gasteiger partial charge in [0.25, 0.3) is 5.91 Å². The van der Waals surface area contributed by atoms with Gasteiger partial charge in [0.05, 0.1) is 17.3 Å². The van der Waals surface area contributed by atoms with Crippen molar-refractivity contribution in [1.82, 2.24) is 14.9 Å². The molecule has 0 saturated carbocycles. The van der Waals surface area contributed by atoms with E-state index in [0.717, 1.165) is 5.56 Å². The second-order valence-electron chi connectivity index (χ2n) is 10.2. The lowest BCUT2D eigenvalue weighted by molar-refractivity contribution is -0.140. The predicted molar refractivity (Wildman–Crippen MR) is 131 cm³/mol. The fourth-order valence-corrected chi connectivity index (χ4v) is 5.01. The average molecular weight is 509 g/mol. The molecule has 5 rings (SSSR count). The lowest BCUT2D eigenvalue weighted by Crippen LogP contribution is -2.48. The third kappa shape index (κ3) is 4.74. The van der Waals surface area contributed by atoms with Crippen LogP contribution in [0, 0.1) is 18.3 Å². The molecule has 3 aromatic rings. The van der Waals surface area contributed by atoms with Crippen molar-refractivity contribution in [2.75, 3.05) is 26.3 Å². The number of rotatable bonds is 4. The highest BCUT2D eigenvalue weighted by Gasteiger charge is 2.42. The number of aryl methyl sites for hydroxylation is 1. The van der Waals surface area contributed by atoms with E-state index in [1.807, 2.05) is 19.1 Å². The summed E-state index contributed by atoms with van der Waals surface area (Å²) in [6.07, 6.45) is -3.50. The molecule has 0 bridgehead atoms. The Labute approximate surface area is 213 Å². The second-order valence-corrected chi connectivity index (χ2v) is 10.2. The Morgan fingerprint density at radius 3 is 2.46 bits per heavy atom. The van der Waals surface area contributed by atoms with E-state index < -0.39 is 17.3 Å². The number of carbonyl (C=O) groups is 1. The van der Waals surface area contributed by atoms with E-state index in [2.05, 4.69) is 16.0 Å². The number of imidazole rings is 1. The highest BCUT2D eigenvalue weighted by Crippen LogP contribution is 2.41. The Hall–Kier alpha value is -3.64. The zero-order valence-corrected chi connectivity index (χ0v) is 20.7. The minimum Gasteiger partial charge on any atom is -0.381 e. The van der Waals surface area contributed by atoms with Crippen LogP contribution in [0.3, 0.4) is 0 Å². The van der Waals surface area contributed by atoms with E-state index in [-0.39, 0.29) is 17.5 Å². The van der Waals surface area contributed by atoms with Crippen LogP contribution in [0.4, 0.5) is 13.2 Å². The smallest absolute Gasteiger partial charge is 0.381 e. The first kappa shape index (κ1) is 25.0. The molecule has 1 N–H and O–H groups in total. The number of H-pyrrole nitrogens is 1. The first-order valence-corrected chi connectivity index (χ1v) is 12.2. The number of nitrogens with zero attached hydrogens (tertiary/aromatic N) is 3. The van der Waals surface area contributed by atoms with Crippen LogP contribution in [0.2, 0.25) is 0 Å². The molecule has 0 unspecified atom stereocenters. The molecule has 2 aliphatic heterocycles. The van der Waals surface area contributed by atoms with Gasteiger partial charge in [0.1, 0.15) is 5.82 Å². The third-order valence-electron chi connectivity index (χ3n) is 7.57. The van der Waals surface area contributed by atoms with Gasteiger partial charge in [0, 0.05) is 48.8 Å². The predicted octanol–water partition coefficient (Wildman–Crippen LogP) is 5.58. The van der Waals surface area contributed by atoms with Gasteiger partial charge < -0.3 is 14.6 Å². The van der Waals surface area contributed by atoms with Crippen LogP contribution in [0.15, 0.2) is 42.5 Å². The summed E-state index contributed by atoms with van der Waals surface area (Å²) in [5.41, 5.74) is 1.28. The molecule has 2 saturated heterocycles. The Morgan fingerprint density at radius 1 is 1.16 bits per heavy atom. The molecule has 2 aromatic carbocycles. The summed E-state index contributed by atoms with van der Waals surface area (Å²) in [6.45, 7) is 5.59. The van der Waals surface area contributed by atoms with Crippen molar-refractivity contribution in [2.24, 2.45) is 0 Å². The Kier molecular flexibility index (Phi) is 6.32. The minimum atomic E-state index is -4.65. The Bertz CT molecular complexity index is 1360. The van der Waals surface area contributed by atoms with Crippen molar-refractivity contribution >= 4 is 5.91 Å². The topological polar surface area (TPSA) is 82.0 Å². The van der Waals surface area contributed by atoms with Gasteiger partial charge in [-0.3, -0.25) is 4.79 Å². The number of hydrogen-bond donors (Lipinski definition) is 1. The van der Waals surface area contributed by atoms with Crippen molar-refractivity contribution in [2.45, 2.75) is 44.2 Å². The van der Waals surface area contributed by atoms with E-state index in [0.29, 0.717) is 67.2 Å². The minimum absolute atomic E-state index is 0.110. The maximum absolute atomic E-state index is 14.1. The lowest BCUT2D eigenvalue weighted by Gasteiger charge is -2.39. The number of alkyl halides is 3. The van der Waals surface area contributed by atoms with Crippen molar-refractivity contribution in [3.63, 3.8) is 0 Å². The zero-order valence-electron chi connectivity index (χ0n) is 20.7. The monoisotopic (exact) mass is 508 g/mol. The molecular weight excluding hydrogens is 481 g/mol. The molecule has 37 heavy (non-hydrogen) atoms. The largest absolute Gasteiger partial charge is 0.435 e. The zero-order chi connectivity index (χ0) is 26.4. The molecule has 3 heterocycles. The number of benzene rings is 2. The first-order valence-electron chi connectivity index (χ1n) is 12.2. The number of ether oxygens (including phenoxy) is 1. The summed E-state index contributed by atoms with van der Waals surface area (Å²) < 4.78 is 47.6. The molecule has 0 aliphatic carbocycles. The normalized spacial score (nSPS) is 17.8. The number of carbonyl (C=O) groups excluding carboxylic acids is 1. The number of likely N-dealkylation sites (tertiary alicyclic amines) is 1. The molecule has 2 fully saturated rings. The summed E-state index contributed by atoms with van der Waals surface area (Å²) in [6, 6.07) is 14.2. The molecule has 0 atom stereocenters. The van der Waals surface area contributed by atoms with Gasteiger partial charge >= 0.3 is 6.18 Å². The van der Waals surface area contributed by atoms with Crippen LogP contribution in [-0.4, -0.2) is 47.1 Å². The number of nitrogens with one attached hydrogen (secondary N) is 1. The lowest BCUT2D eigenvalue weighted by atomic mass is 9.82. The standard InChI is InChI=1S/C28H27F3N4O2/c1-17-3-6-20(25(36)35-15-21(16-35)19-7-4-18(14-32)5-8-19)13-22(17)23-24(28(29,30)31)34-26(33-23)27(2)9-11-37-12-10-27/h3-8,13,21H,9-12,15-16H2,1-2H3,(H,33,34). The molecule has 9 heteroatoms. The van der Waals surface area contributed by atoms with Gasteiger partial charge in [-0.05, 0) is 55.2 Å². The fraction of sp³-hybridized carbons (Fsp3) is 0.393. The number of halogens is 3. The molecule has 2 aliphatic rings. The second kappa shape index (κ2) is 9.34. The summed E-state index contributed by atoms with van der Waals surface area (Å²) in [5.74, 6) is 0.229. The molecule has 1 amide bonds. The number of aromatic amines is 1. The quantitative estimate of drug-likeness (QED) is 0.499. The summed E-state index contributed by atoms with van der Waals surface area (Å²) in [4.78, 5) is 21.9. The number of nitriles is 1. The molecule has 6 nitrogen and oxygen atoms in total. The average Bonchev–Trinajstić information content (AvgIpc) is 3.31. The fourth-order valence-electron chi connectivity index (χ4n) is 5.01. The van der Waals surface area contributed by atoms with Crippen molar-refractivity contribution in [3.05, 3.63) is 76.2 Å². The van der Waals surface area contributed by atoms with Crippen LogP contribution in [0.25, 0.3) is 11.3 Å². The van der Waals surface area contributed by atoms with E-state index in [4.69, 9.17) is 10.00 Å². The summed E-state index contributed by atoms with van der Waals surface area (Å²) in [5, 5.41) is 8.97. The van der Waals surface area contributed by atoms with Crippen molar-refractivity contribution in [1.29, 1.82) is 5.26 Å². The van der Waals surface area contributed by atoms with Crippen LogP contribution >= 0.6 is 0 Å². The van der Waals surface area contributed by atoms with Crippen LogP contribution in [-0.2, 0) is 16.3 Å². The number of aromatic nitrogens is 2. The molecule has 0 radical (unpaired) electrons. The number of hydrogen-bond acceptors (Lipinski definition) is 4. The maximum Gasteiger partial charge on any atom is 0.435 e. The van der Waals surface area contributed by atoms with Gasteiger partial charge in [-0.15, -0.1) is 0 Å². The van der Waals surface area contributed by atoms with E-state index in [1.54, 1.807) is 36.1 Å². The van der Waals surface area contributed by atoms with Gasteiger partial charge in [-0.1, -0.05) is 25.1 Å². The van der Waals surface area contributed by atoms with Crippen LogP contribution in [0.1, 0.15) is 64.2 Å². The third-order valence-corrected chi connectivity index (χ3v) is 7.57. The van der Waals surface area contributed by atoms with E-state index in [1.165, 1.54) is 6.07 Å². The summed E-state index contributed by atoms with van der Waals surface area (Å²) in [7, 11) is 0. The number of amides is 1.